The lowest BCUT2D eigenvalue weighted by molar-refractivity contribution is 0.101. The van der Waals surface area contributed by atoms with Crippen LogP contribution in [-0.4, -0.2) is 56.4 Å². The van der Waals surface area contributed by atoms with E-state index in [0.717, 1.165) is 12.5 Å². The Hall–Kier alpha value is -4.99. The molecule has 5 aromatic carbocycles. The highest BCUT2D eigenvalue weighted by molar-refractivity contribution is 8.09. The number of nitrogens with zero attached hydrogens (tertiary/aromatic N) is 2. The Balaban J connectivity index is 0.000000304. The summed E-state index contributed by atoms with van der Waals surface area (Å²) in [6, 6.07) is 33.5. The first kappa shape index (κ1) is 46.2. The zero-order valence-corrected chi connectivity index (χ0v) is 33.5. The predicted molar refractivity (Wildman–Crippen MR) is 219 cm³/mol. The Bertz CT molecular complexity index is 2240. The molecule has 9 nitrogen and oxygen atoms in total. The summed E-state index contributed by atoms with van der Waals surface area (Å²) in [6.45, 7) is 8.48. The highest BCUT2D eigenvalue weighted by Gasteiger charge is 2.24. The van der Waals surface area contributed by atoms with Gasteiger partial charge in [0, 0.05) is 40.7 Å². The van der Waals surface area contributed by atoms with Gasteiger partial charge in [0.2, 0.25) is 0 Å². The van der Waals surface area contributed by atoms with E-state index in [4.69, 9.17) is 18.2 Å². The summed E-state index contributed by atoms with van der Waals surface area (Å²) in [5.41, 5.74) is 1.51. The number of hydrogen-bond acceptors (Lipinski definition) is 5. The van der Waals surface area contributed by atoms with Crippen LogP contribution in [0.3, 0.4) is 0 Å². The number of carbonyl (C=O) groups excluding carboxylic acids is 1. The minimum absolute atomic E-state index is 0.0444. The van der Waals surface area contributed by atoms with Crippen LogP contribution in [0.4, 0.5) is 8.78 Å². The third kappa shape index (κ3) is 16.1. The molecule has 4 N–H and O–H groups in total. The summed E-state index contributed by atoms with van der Waals surface area (Å²) >= 11 is 0. The molecule has 0 amide bonds. The van der Waals surface area contributed by atoms with Crippen molar-refractivity contribution in [2.24, 2.45) is 11.8 Å². The Morgan fingerprint density at radius 2 is 1.00 bits per heavy atom. The number of halogens is 2. The fourth-order valence-corrected chi connectivity index (χ4v) is 8.72. The van der Waals surface area contributed by atoms with Crippen LogP contribution in [0.5, 0.6) is 0 Å². The SMILES string of the molecule is CC(=O)c1cc(-c2cccc(F)c2C#N)ccc1-c1cccc(F)c1C#N.CC(C)CS(C)(=O)(O)O.CC(C)CS(C)(=O)(O)O.c1ccc2ccccc2c1. The lowest BCUT2D eigenvalue weighted by atomic mass is 9.90. The summed E-state index contributed by atoms with van der Waals surface area (Å²) in [7, 11) is -8.40. The molecule has 0 aromatic heterocycles. The third-order valence-electron chi connectivity index (χ3n) is 7.34. The molecule has 0 aliphatic rings. The van der Waals surface area contributed by atoms with Crippen LogP contribution in [0.15, 0.2) is 103 Å². The molecule has 0 spiro atoms. The maximum absolute atomic E-state index is 14.0. The van der Waals surface area contributed by atoms with E-state index < -0.39 is 30.9 Å². The van der Waals surface area contributed by atoms with E-state index in [9.17, 15) is 32.5 Å². The second-order valence-electron chi connectivity index (χ2n) is 14.2. The smallest absolute Gasteiger partial charge is 0.160 e. The molecule has 0 atom stereocenters. The van der Waals surface area contributed by atoms with E-state index in [1.165, 1.54) is 48.0 Å². The number of hydrogen-bond donors (Lipinski definition) is 4. The van der Waals surface area contributed by atoms with Crippen LogP contribution in [0.2, 0.25) is 0 Å². The van der Waals surface area contributed by atoms with Crippen LogP contribution in [0.25, 0.3) is 33.0 Å². The van der Waals surface area contributed by atoms with Crippen LogP contribution in [0, 0.1) is 46.1 Å². The molecule has 0 radical (unpaired) electrons. The summed E-state index contributed by atoms with van der Waals surface area (Å²) < 4.78 is 84.4. The first-order chi connectivity index (χ1) is 25.3. The van der Waals surface area contributed by atoms with E-state index in [1.807, 2.05) is 12.1 Å². The van der Waals surface area contributed by atoms with Crippen molar-refractivity contribution in [1.82, 2.24) is 0 Å². The molecule has 0 aliphatic heterocycles. The van der Waals surface area contributed by atoms with Gasteiger partial charge in [-0.15, -0.1) is 0 Å². The Morgan fingerprint density at radius 3 is 1.33 bits per heavy atom. The van der Waals surface area contributed by atoms with Crippen LogP contribution in [-0.2, 0) is 19.3 Å². The van der Waals surface area contributed by atoms with Crippen LogP contribution < -0.4 is 0 Å². The van der Waals surface area contributed by atoms with Crippen molar-refractivity contribution in [2.75, 3.05) is 24.0 Å². The van der Waals surface area contributed by atoms with E-state index in [0.29, 0.717) is 22.3 Å². The molecule has 5 aromatic rings. The number of fused-ring (bicyclic) bond motifs is 1. The number of benzene rings is 5. The van der Waals surface area contributed by atoms with Gasteiger partial charge in [-0.1, -0.05) is 113 Å². The van der Waals surface area contributed by atoms with Crippen molar-refractivity contribution in [3.05, 3.63) is 131 Å². The van der Waals surface area contributed by atoms with E-state index in [2.05, 4.69) is 48.5 Å². The molecule has 0 saturated heterocycles. The number of carbonyl (C=O) groups is 1. The van der Waals surface area contributed by atoms with Crippen LogP contribution in [0.1, 0.15) is 56.1 Å². The lowest BCUT2D eigenvalue weighted by Gasteiger charge is -2.26. The van der Waals surface area contributed by atoms with Gasteiger partial charge in [-0.05, 0) is 58.9 Å². The zero-order valence-electron chi connectivity index (χ0n) is 31.9. The fraction of sp³-hybridized carbons (Fsp3) is 0.262. The standard InChI is InChI=1S/C22H12F2N2O.C10H8.2C5H14O3S/c1-13(27)18-10-14(15-4-2-6-21(23)19(15)11-25)8-9-17(18)16-5-3-7-22(24)20(16)12-26;1-2-6-10-8-4-3-7-9(10)5-1;2*1-5(2)4-9(3,6,7)8/h2-10H,1H3;1-8H;2*5H,4H2,1-3H3,(H2,6,7,8). The van der Waals surface area contributed by atoms with E-state index >= 15 is 0 Å². The molecule has 0 unspecified atom stereocenters. The van der Waals surface area contributed by atoms with Gasteiger partial charge in [-0.25, -0.2) is 17.2 Å². The van der Waals surface area contributed by atoms with E-state index in [1.54, 1.807) is 52.0 Å². The normalized spacial score (nSPS) is 12.5. The van der Waals surface area contributed by atoms with Gasteiger partial charge < -0.3 is 18.2 Å². The summed E-state index contributed by atoms with van der Waals surface area (Å²) in [4.78, 5) is 12.2. The molecule has 0 aliphatic carbocycles. The van der Waals surface area contributed by atoms with Crippen LogP contribution >= 0.6 is 0 Å². The van der Waals surface area contributed by atoms with Gasteiger partial charge >= 0.3 is 0 Å². The molecule has 294 valence electrons. The fourth-order valence-electron chi connectivity index (χ4n) is 5.65. The van der Waals surface area contributed by atoms with Gasteiger partial charge in [0.15, 0.2) is 5.78 Å². The molecule has 0 fully saturated rings. The summed E-state index contributed by atoms with van der Waals surface area (Å²) in [6.07, 6.45) is 1.94. The molecular formula is C42H48F2N2O7S2. The second-order valence-corrected chi connectivity index (χ2v) is 20.6. The average molecular weight is 795 g/mol. The van der Waals surface area contributed by atoms with Crippen molar-refractivity contribution in [3.8, 4) is 34.4 Å². The highest BCUT2D eigenvalue weighted by Crippen LogP contribution is 2.33. The molecule has 0 heterocycles. The molecular weight excluding hydrogens is 747 g/mol. The minimum atomic E-state index is -4.20. The van der Waals surface area contributed by atoms with E-state index in [-0.39, 0.29) is 45.8 Å². The lowest BCUT2D eigenvalue weighted by Crippen LogP contribution is -2.35. The highest BCUT2D eigenvalue weighted by atomic mass is 32.3. The first-order valence-corrected chi connectivity index (χ1v) is 21.9. The predicted octanol–water partition coefficient (Wildman–Crippen LogP) is 10.2. The van der Waals surface area contributed by atoms with Crippen molar-refractivity contribution in [3.63, 3.8) is 0 Å². The number of rotatable bonds is 7. The Labute approximate surface area is 321 Å². The van der Waals surface area contributed by atoms with Crippen molar-refractivity contribution in [2.45, 2.75) is 34.6 Å². The molecule has 5 rings (SSSR count). The Morgan fingerprint density at radius 1 is 0.618 bits per heavy atom. The molecule has 13 heteroatoms. The number of nitriles is 2. The third-order valence-corrected chi connectivity index (χ3v) is 10.2. The average Bonchev–Trinajstić information content (AvgIpc) is 3.05. The second kappa shape index (κ2) is 18.6. The van der Waals surface area contributed by atoms with Gasteiger partial charge in [0.25, 0.3) is 0 Å². The summed E-state index contributed by atoms with van der Waals surface area (Å²) in [5.74, 6) is -1.62. The van der Waals surface area contributed by atoms with Gasteiger partial charge in [-0.3, -0.25) is 4.79 Å². The topological polar surface area (TPSA) is 180 Å². The quantitative estimate of drug-likeness (QED) is 0.117. The largest absolute Gasteiger partial charge is 0.308 e. The first-order valence-electron chi connectivity index (χ1n) is 17.0. The molecule has 0 bridgehead atoms. The maximum atomic E-state index is 14.0. The summed E-state index contributed by atoms with van der Waals surface area (Å²) in [5, 5.41) is 21.1. The van der Waals surface area contributed by atoms with Gasteiger partial charge in [0.05, 0.1) is 30.4 Å². The minimum Gasteiger partial charge on any atom is -0.308 e. The maximum Gasteiger partial charge on any atom is 0.160 e. The van der Waals surface area contributed by atoms with Crippen molar-refractivity contribution in [1.29, 1.82) is 10.5 Å². The van der Waals surface area contributed by atoms with Crippen molar-refractivity contribution < 1.29 is 40.2 Å². The monoisotopic (exact) mass is 794 g/mol. The Kier molecular flexibility index (Phi) is 15.6. The van der Waals surface area contributed by atoms with Gasteiger partial charge in [-0.2, -0.15) is 10.5 Å². The molecule has 55 heavy (non-hydrogen) atoms. The zero-order chi connectivity index (χ0) is 41.8. The molecule has 0 saturated carbocycles. The number of Topliss-reactive ketones (excluding diaryl/α,β-unsaturated/α-hetero) is 1. The number of ketones is 1. The van der Waals surface area contributed by atoms with Crippen molar-refractivity contribution >= 4 is 35.8 Å². The van der Waals surface area contributed by atoms with Gasteiger partial charge in [0.1, 0.15) is 23.8 Å².